The Hall–Kier alpha value is -1.47. The van der Waals surface area contributed by atoms with Crippen LogP contribution in [0.5, 0.6) is 5.75 Å². The van der Waals surface area contributed by atoms with Crippen LogP contribution in [0.1, 0.15) is 18.1 Å². The molecule has 2 aromatic carbocycles. The van der Waals surface area contributed by atoms with Gasteiger partial charge in [0.2, 0.25) is 0 Å². The van der Waals surface area contributed by atoms with Crippen LogP contribution in [0, 0.1) is 3.57 Å². The van der Waals surface area contributed by atoms with Crippen molar-refractivity contribution in [2.24, 2.45) is 0 Å². The van der Waals surface area contributed by atoms with Gasteiger partial charge in [0.25, 0.3) is 0 Å². The molecule has 2 rings (SSSR count). The molecule has 1 N–H and O–H groups in total. The van der Waals surface area contributed by atoms with E-state index in [1.165, 1.54) is 7.11 Å². The number of amides is 1. The van der Waals surface area contributed by atoms with E-state index >= 15 is 0 Å². The van der Waals surface area contributed by atoms with Crippen LogP contribution in [0.15, 0.2) is 36.4 Å². The van der Waals surface area contributed by atoms with Gasteiger partial charge in [0, 0.05) is 9.13 Å². The molecule has 0 aliphatic rings. The van der Waals surface area contributed by atoms with Crippen molar-refractivity contribution in [1.82, 2.24) is 0 Å². The number of rotatable bonds is 5. The number of methoxy groups -OCH3 is 1. The Morgan fingerprint density at radius 2 is 2.09 bits per heavy atom. The van der Waals surface area contributed by atoms with Crippen molar-refractivity contribution in [3.63, 3.8) is 0 Å². The maximum Gasteiger partial charge on any atom is 0.411 e. The second-order valence-electron chi connectivity index (χ2n) is 4.79. The van der Waals surface area contributed by atoms with Crippen LogP contribution in [-0.2, 0) is 17.8 Å². The summed E-state index contributed by atoms with van der Waals surface area (Å²) in [5.74, 6) is 0.618. The van der Waals surface area contributed by atoms with Crippen molar-refractivity contribution in [3.8, 4) is 5.75 Å². The molecular formula is C17H17ClINO3. The summed E-state index contributed by atoms with van der Waals surface area (Å²) in [6.07, 6.45) is 0.405. The number of hydrogen-bond donors (Lipinski definition) is 1. The summed E-state index contributed by atoms with van der Waals surface area (Å²) in [6.45, 7) is 2.37. The summed E-state index contributed by atoms with van der Waals surface area (Å²) in [5, 5.41) is 3.27. The minimum Gasteiger partial charge on any atom is -0.487 e. The summed E-state index contributed by atoms with van der Waals surface area (Å²) in [4.78, 5) is 11.4. The number of aryl methyl sites for hydroxylation is 1. The van der Waals surface area contributed by atoms with Crippen molar-refractivity contribution < 1.29 is 14.3 Å². The highest BCUT2D eigenvalue weighted by Gasteiger charge is 2.12. The van der Waals surface area contributed by atoms with Gasteiger partial charge in [-0.25, -0.2) is 4.79 Å². The molecule has 122 valence electrons. The van der Waals surface area contributed by atoms with E-state index in [1.807, 2.05) is 30.3 Å². The predicted molar refractivity (Wildman–Crippen MR) is 100 cm³/mol. The molecule has 0 aliphatic carbocycles. The predicted octanol–water partition coefficient (Wildman–Crippen LogP) is 5.26. The first-order valence-electron chi connectivity index (χ1n) is 7.08. The molecule has 0 spiro atoms. The zero-order valence-corrected chi connectivity index (χ0v) is 15.8. The first-order chi connectivity index (χ1) is 11.0. The zero-order chi connectivity index (χ0) is 16.8. The fourth-order valence-corrected chi connectivity index (χ4v) is 2.93. The number of ether oxygens (including phenoxy) is 2. The molecule has 0 fully saturated rings. The smallest absolute Gasteiger partial charge is 0.411 e. The Balaban J connectivity index is 2.18. The van der Waals surface area contributed by atoms with E-state index in [9.17, 15) is 4.79 Å². The van der Waals surface area contributed by atoms with Gasteiger partial charge in [0.1, 0.15) is 12.4 Å². The number of carbonyl (C=O) groups is 1. The van der Waals surface area contributed by atoms with Gasteiger partial charge in [-0.15, -0.1) is 0 Å². The molecule has 0 heterocycles. The van der Waals surface area contributed by atoms with Crippen LogP contribution in [0.2, 0.25) is 5.02 Å². The highest BCUT2D eigenvalue weighted by molar-refractivity contribution is 14.1. The third-order valence-corrected chi connectivity index (χ3v) is 4.62. The van der Waals surface area contributed by atoms with Crippen LogP contribution in [0.25, 0.3) is 0 Å². The number of carbonyl (C=O) groups excluding carboxylic acids is 1. The molecule has 0 atom stereocenters. The Kier molecular flexibility index (Phi) is 6.53. The van der Waals surface area contributed by atoms with E-state index in [2.05, 4.69) is 39.6 Å². The first kappa shape index (κ1) is 17.9. The Labute approximate surface area is 154 Å². The Morgan fingerprint density at radius 3 is 2.74 bits per heavy atom. The van der Waals surface area contributed by atoms with Crippen molar-refractivity contribution in [1.29, 1.82) is 0 Å². The van der Waals surface area contributed by atoms with Gasteiger partial charge in [-0.05, 0) is 58.8 Å². The molecule has 23 heavy (non-hydrogen) atoms. The second-order valence-corrected chi connectivity index (χ2v) is 6.36. The van der Waals surface area contributed by atoms with Gasteiger partial charge in [-0.1, -0.05) is 30.7 Å². The standard InChI is InChI=1S/C17H17ClINO3/c1-3-11-7-8-16(13(18)9-11)23-10-12-14(19)5-4-6-15(12)20-17(21)22-2/h4-9H,3,10H2,1-2H3,(H,20,21). The SMILES string of the molecule is CCc1ccc(OCc2c(I)cccc2NC(=O)OC)c(Cl)c1. The average molecular weight is 446 g/mol. The monoisotopic (exact) mass is 445 g/mol. The zero-order valence-electron chi connectivity index (χ0n) is 12.9. The van der Waals surface area contributed by atoms with E-state index in [0.717, 1.165) is 21.1 Å². The minimum absolute atomic E-state index is 0.295. The molecule has 0 radical (unpaired) electrons. The van der Waals surface area contributed by atoms with Gasteiger partial charge in [-0.3, -0.25) is 5.32 Å². The second kappa shape index (κ2) is 8.40. The molecule has 0 aliphatic heterocycles. The summed E-state index contributed by atoms with van der Waals surface area (Å²) < 4.78 is 11.5. The van der Waals surface area contributed by atoms with E-state index < -0.39 is 6.09 Å². The molecular weight excluding hydrogens is 429 g/mol. The molecule has 0 aromatic heterocycles. The van der Waals surface area contributed by atoms with Crippen LogP contribution in [0.3, 0.4) is 0 Å². The van der Waals surface area contributed by atoms with Gasteiger partial charge in [0.05, 0.1) is 17.8 Å². The lowest BCUT2D eigenvalue weighted by Crippen LogP contribution is -2.14. The highest BCUT2D eigenvalue weighted by Crippen LogP contribution is 2.29. The number of halogens is 2. The normalized spacial score (nSPS) is 10.3. The van der Waals surface area contributed by atoms with Crippen molar-refractivity contribution >= 4 is 46.0 Å². The summed E-state index contributed by atoms with van der Waals surface area (Å²) in [6, 6.07) is 11.4. The quantitative estimate of drug-likeness (QED) is 0.638. The summed E-state index contributed by atoms with van der Waals surface area (Å²) in [7, 11) is 1.33. The molecule has 1 amide bonds. The summed E-state index contributed by atoms with van der Waals surface area (Å²) >= 11 is 8.45. The fraction of sp³-hybridized carbons (Fsp3) is 0.235. The molecule has 0 saturated heterocycles. The van der Waals surface area contributed by atoms with Gasteiger partial charge < -0.3 is 9.47 Å². The lowest BCUT2D eigenvalue weighted by Gasteiger charge is -2.14. The van der Waals surface area contributed by atoms with E-state index in [-0.39, 0.29) is 0 Å². The maximum absolute atomic E-state index is 11.4. The molecule has 6 heteroatoms. The molecule has 2 aromatic rings. The molecule has 0 saturated carbocycles. The maximum atomic E-state index is 11.4. The number of benzene rings is 2. The van der Waals surface area contributed by atoms with Gasteiger partial charge >= 0.3 is 6.09 Å². The van der Waals surface area contributed by atoms with E-state index in [0.29, 0.717) is 23.1 Å². The van der Waals surface area contributed by atoms with Gasteiger partial charge in [-0.2, -0.15) is 0 Å². The molecule has 0 unspecified atom stereocenters. The largest absolute Gasteiger partial charge is 0.487 e. The van der Waals surface area contributed by atoms with E-state index in [1.54, 1.807) is 6.07 Å². The minimum atomic E-state index is -0.515. The lowest BCUT2D eigenvalue weighted by molar-refractivity contribution is 0.187. The van der Waals surface area contributed by atoms with Crippen molar-refractivity contribution in [3.05, 3.63) is 56.1 Å². The first-order valence-corrected chi connectivity index (χ1v) is 8.54. The number of anilines is 1. The fourth-order valence-electron chi connectivity index (χ4n) is 2.01. The van der Waals surface area contributed by atoms with Crippen LogP contribution in [-0.4, -0.2) is 13.2 Å². The highest BCUT2D eigenvalue weighted by atomic mass is 127. The van der Waals surface area contributed by atoms with Crippen molar-refractivity contribution in [2.75, 3.05) is 12.4 Å². The Bertz CT molecular complexity index is 706. The van der Waals surface area contributed by atoms with Crippen LogP contribution in [0.4, 0.5) is 10.5 Å². The Morgan fingerprint density at radius 1 is 1.30 bits per heavy atom. The van der Waals surface area contributed by atoms with Gasteiger partial charge in [0.15, 0.2) is 0 Å². The topological polar surface area (TPSA) is 47.6 Å². The van der Waals surface area contributed by atoms with Crippen molar-refractivity contribution in [2.45, 2.75) is 20.0 Å². The van der Waals surface area contributed by atoms with E-state index in [4.69, 9.17) is 16.3 Å². The average Bonchev–Trinajstić information content (AvgIpc) is 2.55. The van der Waals surface area contributed by atoms with Crippen LogP contribution < -0.4 is 10.1 Å². The molecule has 0 bridgehead atoms. The summed E-state index contributed by atoms with van der Waals surface area (Å²) in [5.41, 5.74) is 2.68. The third-order valence-electron chi connectivity index (χ3n) is 3.32. The molecule has 4 nitrogen and oxygen atoms in total. The van der Waals surface area contributed by atoms with Crippen LogP contribution >= 0.6 is 34.2 Å². The third kappa shape index (κ3) is 4.75. The number of nitrogens with one attached hydrogen (secondary N) is 1. The lowest BCUT2D eigenvalue weighted by atomic mass is 10.1. The number of hydrogen-bond acceptors (Lipinski definition) is 3.